The van der Waals surface area contributed by atoms with E-state index in [1.54, 1.807) is 6.07 Å². The molecule has 0 aromatic carbocycles. The molecule has 0 radical (unpaired) electrons. The molecule has 2 rings (SSSR count). The van der Waals surface area contributed by atoms with Crippen LogP contribution < -0.4 is 5.32 Å². The fourth-order valence-electron chi connectivity index (χ4n) is 1.40. The Balaban J connectivity index is 2.10. The maximum atomic E-state index is 12.0. The van der Waals surface area contributed by atoms with Crippen molar-refractivity contribution in [2.75, 3.05) is 6.61 Å². The molecule has 0 aliphatic carbocycles. The van der Waals surface area contributed by atoms with Gasteiger partial charge in [-0.25, -0.2) is 4.98 Å². The van der Waals surface area contributed by atoms with E-state index in [2.05, 4.69) is 37.3 Å². The van der Waals surface area contributed by atoms with Crippen molar-refractivity contribution in [2.45, 2.75) is 6.54 Å². The van der Waals surface area contributed by atoms with Crippen LogP contribution in [0.5, 0.6) is 0 Å². The van der Waals surface area contributed by atoms with E-state index in [9.17, 15) is 4.79 Å². The minimum absolute atomic E-state index is 0.244. The molecule has 2 heterocycles. The van der Waals surface area contributed by atoms with Gasteiger partial charge in [0.1, 0.15) is 18.8 Å². The maximum Gasteiger partial charge on any atom is 0.253 e. The smallest absolute Gasteiger partial charge is 0.253 e. The van der Waals surface area contributed by atoms with Crippen LogP contribution in [0.4, 0.5) is 0 Å². The summed E-state index contributed by atoms with van der Waals surface area (Å²) in [6.07, 6.45) is 4.35. The van der Waals surface area contributed by atoms with Gasteiger partial charge in [0.15, 0.2) is 0 Å². The molecule has 0 aliphatic heterocycles. The zero-order chi connectivity index (χ0) is 13.5. The molecule has 0 spiro atoms. The van der Waals surface area contributed by atoms with Gasteiger partial charge >= 0.3 is 0 Å². The Hall–Kier alpha value is -2.72. The third-order valence-corrected chi connectivity index (χ3v) is 2.25. The zero-order valence-electron chi connectivity index (χ0n) is 9.92. The second-order valence-corrected chi connectivity index (χ2v) is 3.50. The zero-order valence-corrected chi connectivity index (χ0v) is 9.92. The molecule has 2 aromatic rings. The Bertz CT molecular complexity index is 613. The van der Waals surface area contributed by atoms with E-state index in [4.69, 9.17) is 5.11 Å². The van der Waals surface area contributed by atoms with Gasteiger partial charge in [-0.15, -0.1) is 0 Å². The van der Waals surface area contributed by atoms with E-state index < -0.39 is 0 Å². The van der Waals surface area contributed by atoms with Gasteiger partial charge < -0.3 is 10.4 Å². The first-order valence-corrected chi connectivity index (χ1v) is 5.47. The third kappa shape index (κ3) is 3.37. The van der Waals surface area contributed by atoms with Crippen molar-refractivity contribution in [1.82, 2.24) is 25.5 Å². The molecule has 0 unspecified atom stereocenters. The number of rotatable bonds is 3. The van der Waals surface area contributed by atoms with E-state index in [0.717, 1.165) is 0 Å². The van der Waals surface area contributed by atoms with Crippen molar-refractivity contribution in [1.29, 1.82) is 0 Å². The van der Waals surface area contributed by atoms with Crippen molar-refractivity contribution in [3.8, 4) is 11.8 Å². The summed E-state index contributed by atoms with van der Waals surface area (Å²) in [5.74, 6) is 5.43. The van der Waals surface area contributed by atoms with Crippen LogP contribution in [0.1, 0.15) is 21.7 Å². The standard InChI is InChI=1S/C12H11N5O2/c18-5-1-2-9-6-13-4-3-10(9)12(19)14-7-11-15-8-16-17-11/h3-4,6,8,18H,5,7H2,(H,14,19)(H,15,16,17). The number of carbonyl (C=O) groups excluding carboxylic acids is 1. The molecule has 1 amide bonds. The number of aliphatic hydroxyl groups excluding tert-OH is 1. The Morgan fingerprint density at radius 3 is 3.16 bits per heavy atom. The predicted octanol–water partition coefficient (Wildman–Crippen LogP) is -0.527. The minimum Gasteiger partial charge on any atom is -0.384 e. The van der Waals surface area contributed by atoms with Gasteiger partial charge in [0.05, 0.1) is 17.7 Å². The highest BCUT2D eigenvalue weighted by molar-refractivity contribution is 5.96. The number of aromatic amines is 1. The molecule has 2 aromatic heterocycles. The average Bonchev–Trinajstić information content (AvgIpc) is 2.96. The highest BCUT2D eigenvalue weighted by atomic mass is 16.2. The lowest BCUT2D eigenvalue weighted by atomic mass is 10.1. The van der Waals surface area contributed by atoms with Crippen molar-refractivity contribution >= 4 is 5.91 Å². The first-order valence-electron chi connectivity index (χ1n) is 5.47. The number of aromatic nitrogens is 4. The Kier molecular flexibility index (Phi) is 4.21. The van der Waals surface area contributed by atoms with Gasteiger partial charge in [-0.1, -0.05) is 11.8 Å². The molecular weight excluding hydrogens is 246 g/mol. The second kappa shape index (κ2) is 6.28. The van der Waals surface area contributed by atoms with Crippen molar-refractivity contribution < 1.29 is 9.90 Å². The van der Waals surface area contributed by atoms with Crippen LogP contribution in [-0.2, 0) is 6.54 Å². The van der Waals surface area contributed by atoms with E-state index in [1.165, 1.54) is 18.7 Å². The summed E-state index contributed by atoms with van der Waals surface area (Å²) in [6, 6.07) is 1.57. The molecule has 7 heteroatoms. The number of H-pyrrole nitrogens is 1. The molecule has 0 saturated carbocycles. The van der Waals surface area contributed by atoms with Crippen LogP contribution in [0.3, 0.4) is 0 Å². The van der Waals surface area contributed by atoms with Gasteiger partial charge in [0.2, 0.25) is 0 Å². The number of hydrogen-bond acceptors (Lipinski definition) is 5. The fraction of sp³-hybridized carbons (Fsp3) is 0.167. The highest BCUT2D eigenvalue weighted by Gasteiger charge is 2.10. The summed E-state index contributed by atoms with van der Waals surface area (Å²) in [6.45, 7) is -0.0258. The van der Waals surface area contributed by atoms with E-state index >= 15 is 0 Å². The first kappa shape index (κ1) is 12.7. The summed E-state index contributed by atoms with van der Waals surface area (Å²) < 4.78 is 0. The summed E-state index contributed by atoms with van der Waals surface area (Å²) in [7, 11) is 0. The molecule has 3 N–H and O–H groups in total. The number of hydrogen-bond donors (Lipinski definition) is 3. The maximum absolute atomic E-state index is 12.0. The Labute approximate surface area is 109 Å². The molecular formula is C12H11N5O2. The number of pyridine rings is 1. The number of nitrogens with one attached hydrogen (secondary N) is 2. The van der Waals surface area contributed by atoms with Crippen LogP contribution >= 0.6 is 0 Å². The lowest BCUT2D eigenvalue weighted by molar-refractivity contribution is 0.0949. The summed E-state index contributed by atoms with van der Waals surface area (Å²) >= 11 is 0. The number of carbonyl (C=O) groups is 1. The molecule has 96 valence electrons. The summed E-state index contributed by atoms with van der Waals surface area (Å²) in [5.41, 5.74) is 0.863. The summed E-state index contributed by atoms with van der Waals surface area (Å²) in [4.78, 5) is 19.8. The minimum atomic E-state index is -0.291. The van der Waals surface area contributed by atoms with Gasteiger partial charge in [0, 0.05) is 12.4 Å². The van der Waals surface area contributed by atoms with Crippen LogP contribution in [0.2, 0.25) is 0 Å². The second-order valence-electron chi connectivity index (χ2n) is 3.50. The Morgan fingerprint density at radius 1 is 1.53 bits per heavy atom. The monoisotopic (exact) mass is 257 g/mol. The van der Waals surface area contributed by atoms with Crippen LogP contribution in [-0.4, -0.2) is 37.8 Å². The quantitative estimate of drug-likeness (QED) is 0.641. The molecule has 0 atom stereocenters. The summed E-state index contributed by atoms with van der Waals surface area (Å²) in [5, 5.41) is 17.7. The molecule has 0 bridgehead atoms. The van der Waals surface area contributed by atoms with Crippen molar-refractivity contribution in [3.05, 3.63) is 41.7 Å². The third-order valence-electron chi connectivity index (χ3n) is 2.25. The largest absolute Gasteiger partial charge is 0.384 e. The number of amides is 1. The predicted molar refractivity (Wildman–Crippen MR) is 65.8 cm³/mol. The molecule has 19 heavy (non-hydrogen) atoms. The molecule has 7 nitrogen and oxygen atoms in total. The highest BCUT2D eigenvalue weighted by Crippen LogP contribution is 2.05. The normalized spacial score (nSPS) is 9.53. The lowest BCUT2D eigenvalue weighted by Gasteiger charge is -2.04. The number of aliphatic hydroxyl groups is 1. The van der Waals surface area contributed by atoms with Crippen molar-refractivity contribution in [3.63, 3.8) is 0 Å². The van der Waals surface area contributed by atoms with Gasteiger partial charge in [-0.3, -0.25) is 14.9 Å². The Morgan fingerprint density at radius 2 is 2.42 bits per heavy atom. The van der Waals surface area contributed by atoms with Crippen molar-refractivity contribution in [2.24, 2.45) is 0 Å². The first-order chi connectivity index (χ1) is 9.31. The molecule has 0 aliphatic rings. The SMILES string of the molecule is O=C(NCc1ncn[nH]1)c1ccncc1C#CCO. The lowest BCUT2D eigenvalue weighted by Crippen LogP contribution is -2.24. The van der Waals surface area contributed by atoms with Crippen LogP contribution in [0.15, 0.2) is 24.8 Å². The van der Waals surface area contributed by atoms with Crippen LogP contribution in [0, 0.1) is 11.8 Å². The number of nitrogens with zero attached hydrogens (tertiary/aromatic N) is 3. The molecule has 0 saturated heterocycles. The van der Waals surface area contributed by atoms with Gasteiger partial charge in [-0.2, -0.15) is 5.10 Å². The van der Waals surface area contributed by atoms with E-state index in [-0.39, 0.29) is 19.1 Å². The van der Waals surface area contributed by atoms with Gasteiger partial charge in [-0.05, 0) is 6.07 Å². The fourth-order valence-corrected chi connectivity index (χ4v) is 1.40. The average molecular weight is 257 g/mol. The topological polar surface area (TPSA) is 104 Å². The van der Waals surface area contributed by atoms with E-state index in [0.29, 0.717) is 17.0 Å². The molecule has 0 fully saturated rings. The van der Waals surface area contributed by atoms with Gasteiger partial charge in [0.25, 0.3) is 5.91 Å². The van der Waals surface area contributed by atoms with E-state index in [1.807, 2.05) is 0 Å². The van der Waals surface area contributed by atoms with Crippen LogP contribution in [0.25, 0.3) is 0 Å².